The van der Waals surface area contributed by atoms with E-state index in [1.54, 1.807) is 6.07 Å². The molecular formula is C16H10N4O6S. The first kappa shape index (κ1) is 17.9. The molecule has 1 heterocycles. The van der Waals surface area contributed by atoms with Gasteiger partial charge in [-0.3, -0.25) is 25.0 Å². The van der Waals surface area contributed by atoms with Crippen LogP contribution in [-0.2, 0) is 0 Å². The Morgan fingerprint density at radius 3 is 2.59 bits per heavy atom. The van der Waals surface area contributed by atoms with Gasteiger partial charge in [-0.2, -0.15) is 5.10 Å². The highest BCUT2D eigenvalue weighted by Gasteiger charge is 2.14. The summed E-state index contributed by atoms with van der Waals surface area (Å²) in [5, 5.41) is 35.3. The van der Waals surface area contributed by atoms with Gasteiger partial charge >= 0.3 is 5.69 Å². The second-order valence-electron chi connectivity index (χ2n) is 5.29. The molecule has 0 saturated carbocycles. The molecule has 3 aromatic rings. The Morgan fingerprint density at radius 2 is 1.89 bits per heavy atom. The molecule has 0 bridgehead atoms. The number of hydrogen-bond donors (Lipinski definition) is 2. The van der Waals surface area contributed by atoms with Crippen LogP contribution in [0.3, 0.4) is 0 Å². The summed E-state index contributed by atoms with van der Waals surface area (Å²) in [6.07, 6.45) is 1.20. The van der Waals surface area contributed by atoms with Crippen molar-refractivity contribution in [1.29, 1.82) is 0 Å². The van der Waals surface area contributed by atoms with Gasteiger partial charge in [0, 0.05) is 33.8 Å². The number of hydrazone groups is 1. The van der Waals surface area contributed by atoms with Crippen molar-refractivity contribution in [3.8, 4) is 5.75 Å². The van der Waals surface area contributed by atoms with Crippen molar-refractivity contribution < 1.29 is 19.7 Å². The van der Waals surface area contributed by atoms with E-state index >= 15 is 0 Å². The lowest BCUT2D eigenvalue weighted by molar-refractivity contribution is -0.385. The van der Waals surface area contributed by atoms with Crippen LogP contribution < -0.4 is 5.43 Å². The van der Waals surface area contributed by atoms with Gasteiger partial charge < -0.3 is 5.11 Å². The molecule has 3 rings (SSSR count). The average Bonchev–Trinajstić information content (AvgIpc) is 3.06. The van der Waals surface area contributed by atoms with Gasteiger partial charge in [-0.25, -0.2) is 5.43 Å². The van der Waals surface area contributed by atoms with Crippen molar-refractivity contribution in [2.45, 2.75) is 0 Å². The fourth-order valence-electron chi connectivity index (χ4n) is 2.24. The monoisotopic (exact) mass is 386 g/mol. The maximum absolute atomic E-state index is 12.2. The highest BCUT2D eigenvalue weighted by molar-refractivity contribution is 7.20. The molecule has 0 unspecified atom stereocenters. The predicted molar refractivity (Wildman–Crippen MR) is 98.3 cm³/mol. The van der Waals surface area contributed by atoms with Gasteiger partial charge in [-0.05, 0) is 24.3 Å². The van der Waals surface area contributed by atoms with E-state index in [0.29, 0.717) is 20.5 Å². The lowest BCUT2D eigenvalue weighted by Crippen LogP contribution is -2.16. The Balaban J connectivity index is 1.75. The largest absolute Gasteiger partial charge is 0.502 e. The highest BCUT2D eigenvalue weighted by atomic mass is 32.1. The Morgan fingerprint density at radius 1 is 1.11 bits per heavy atom. The number of thiophene rings is 1. The molecule has 27 heavy (non-hydrogen) atoms. The lowest BCUT2D eigenvalue weighted by atomic mass is 10.2. The molecule has 1 aromatic heterocycles. The van der Waals surface area contributed by atoms with Crippen LogP contribution in [0.4, 0.5) is 11.4 Å². The van der Waals surface area contributed by atoms with Gasteiger partial charge in [0.2, 0.25) is 0 Å². The minimum absolute atomic E-state index is 0.0702. The second kappa shape index (κ2) is 7.17. The van der Waals surface area contributed by atoms with Crippen LogP contribution in [-0.4, -0.2) is 27.1 Å². The molecule has 11 heteroatoms. The van der Waals surface area contributed by atoms with Gasteiger partial charge in [0.1, 0.15) is 0 Å². The minimum atomic E-state index is -0.734. The summed E-state index contributed by atoms with van der Waals surface area (Å²) >= 11 is 1.15. The first-order valence-electron chi connectivity index (χ1n) is 7.34. The molecule has 1 amide bonds. The Bertz CT molecular complexity index is 1110. The number of carbonyl (C=O) groups is 1. The number of aromatic hydroxyl groups is 1. The van der Waals surface area contributed by atoms with E-state index in [1.807, 2.05) is 0 Å². The summed E-state index contributed by atoms with van der Waals surface area (Å²) in [5.41, 5.74) is 2.05. The Hall–Kier alpha value is -3.86. The van der Waals surface area contributed by atoms with E-state index in [9.17, 15) is 30.1 Å². The zero-order chi connectivity index (χ0) is 19.6. The summed E-state index contributed by atoms with van der Waals surface area (Å²) < 4.78 is 0.712. The lowest BCUT2D eigenvalue weighted by Gasteiger charge is -1.98. The maximum Gasteiger partial charge on any atom is 0.311 e. The van der Waals surface area contributed by atoms with E-state index in [2.05, 4.69) is 10.5 Å². The van der Waals surface area contributed by atoms with Gasteiger partial charge in [0.05, 0.1) is 20.9 Å². The Labute approximate surface area is 154 Å². The van der Waals surface area contributed by atoms with Gasteiger partial charge in [0.25, 0.3) is 11.6 Å². The molecule has 2 N–H and O–H groups in total. The zero-order valence-electron chi connectivity index (χ0n) is 13.4. The maximum atomic E-state index is 12.2. The number of hydrogen-bond acceptors (Lipinski definition) is 8. The van der Waals surface area contributed by atoms with Gasteiger partial charge in [-0.1, -0.05) is 0 Å². The van der Waals surface area contributed by atoms with E-state index in [0.717, 1.165) is 23.5 Å². The van der Waals surface area contributed by atoms with E-state index in [1.165, 1.54) is 30.5 Å². The van der Waals surface area contributed by atoms with E-state index < -0.39 is 27.2 Å². The third kappa shape index (κ3) is 3.88. The zero-order valence-corrected chi connectivity index (χ0v) is 14.2. The molecule has 0 spiro atoms. The van der Waals surface area contributed by atoms with Crippen molar-refractivity contribution in [3.63, 3.8) is 0 Å². The average molecular weight is 386 g/mol. The number of phenolic OH excluding ortho intramolecular Hbond substituents is 1. The standard InChI is InChI=1S/C16H10N4O6S/c21-13-3-1-9(5-12(13)20(25)26)8-17-18-16(22)15-7-10-6-11(19(23)24)2-4-14(10)27-15/h1-8,21H,(H,18,22)/b17-8-. The molecule has 136 valence electrons. The fourth-order valence-corrected chi connectivity index (χ4v) is 3.18. The summed E-state index contributed by atoms with van der Waals surface area (Å²) in [6.45, 7) is 0. The molecule has 10 nitrogen and oxygen atoms in total. The van der Waals surface area contributed by atoms with Crippen molar-refractivity contribution in [2.75, 3.05) is 0 Å². The summed E-state index contributed by atoms with van der Waals surface area (Å²) in [4.78, 5) is 32.8. The van der Waals surface area contributed by atoms with Crippen LogP contribution >= 0.6 is 11.3 Å². The highest BCUT2D eigenvalue weighted by Crippen LogP contribution is 2.29. The molecular weight excluding hydrogens is 376 g/mol. The van der Waals surface area contributed by atoms with E-state index in [4.69, 9.17) is 0 Å². The summed E-state index contributed by atoms with van der Waals surface area (Å²) in [7, 11) is 0. The summed E-state index contributed by atoms with van der Waals surface area (Å²) in [5.74, 6) is -0.996. The van der Waals surface area contributed by atoms with Crippen LogP contribution in [0, 0.1) is 20.2 Å². The number of phenols is 1. The van der Waals surface area contributed by atoms with Crippen LogP contribution in [0.5, 0.6) is 5.75 Å². The molecule has 0 aliphatic heterocycles. The first-order valence-corrected chi connectivity index (χ1v) is 8.15. The van der Waals surface area contributed by atoms with Crippen molar-refractivity contribution in [1.82, 2.24) is 5.43 Å². The molecule has 0 atom stereocenters. The first-order chi connectivity index (χ1) is 12.8. The fraction of sp³-hybridized carbons (Fsp3) is 0. The summed E-state index contributed by atoms with van der Waals surface area (Å²) in [6, 6.07) is 9.48. The molecule has 0 aliphatic carbocycles. The van der Waals surface area contributed by atoms with E-state index in [-0.39, 0.29) is 5.69 Å². The predicted octanol–water partition coefficient (Wildman–Crippen LogP) is 3.19. The molecule has 0 saturated heterocycles. The third-order valence-corrected chi connectivity index (χ3v) is 4.63. The quantitative estimate of drug-likeness (QED) is 0.391. The smallest absolute Gasteiger partial charge is 0.311 e. The van der Waals surface area contributed by atoms with Gasteiger partial charge in [-0.15, -0.1) is 11.3 Å². The number of benzene rings is 2. The number of rotatable bonds is 5. The topological polar surface area (TPSA) is 148 Å². The van der Waals surface area contributed by atoms with Crippen LogP contribution in [0.2, 0.25) is 0 Å². The number of nitrogens with one attached hydrogen (secondary N) is 1. The van der Waals surface area contributed by atoms with Crippen molar-refractivity contribution >= 4 is 44.9 Å². The van der Waals surface area contributed by atoms with Crippen molar-refractivity contribution in [2.24, 2.45) is 5.10 Å². The van der Waals surface area contributed by atoms with Crippen LogP contribution in [0.1, 0.15) is 15.2 Å². The van der Waals surface area contributed by atoms with Crippen molar-refractivity contribution in [3.05, 3.63) is 73.1 Å². The molecule has 2 aromatic carbocycles. The normalized spacial score (nSPS) is 11.0. The number of nitro groups is 2. The molecule has 0 radical (unpaired) electrons. The number of amides is 1. The molecule has 0 fully saturated rings. The number of fused-ring (bicyclic) bond motifs is 1. The number of nitro benzene ring substituents is 2. The van der Waals surface area contributed by atoms with Gasteiger partial charge in [0.15, 0.2) is 5.75 Å². The Kier molecular flexibility index (Phi) is 4.77. The number of non-ortho nitro benzene ring substituents is 1. The van der Waals surface area contributed by atoms with Crippen LogP contribution in [0.25, 0.3) is 10.1 Å². The number of carbonyl (C=O) groups excluding carboxylic acids is 1. The number of nitrogens with zero attached hydrogens (tertiary/aromatic N) is 3. The third-order valence-electron chi connectivity index (χ3n) is 3.51. The van der Waals surface area contributed by atoms with Crippen LogP contribution in [0.15, 0.2) is 47.6 Å². The minimum Gasteiger partial charge on any atom is -0.502 e. The second-order valence-corrected chi connectivity index (χ2v) is 6.38. The SMILES string of the molecule is O=C(N/N=C\c1ccc(O)c([N+](=O)[O-])c1)c1cc2cc([N+](=O)[O-])ccc2s1. The molecule has 0 aliphatic rings.